The number of hydrogen-bond acceptors (Lipinski definition) is 3. The number of carbonyl (C=O) groups excluding carboxylic acids is 1. The molecule has 24 heavy (non-hydrogen) atoms. The maximum atomic E-state index is 12.1. The van der Waals surface area contributed by atoms with Crippen LogP contribution in [0.4, 0.5) is 0 Å². The van der Waals surface area contributed by atoms with Crippen molar-refractivity contribution in [1.29, 1.82) is 0 Å². The second kappa shape index (κ2) is 7.08. The molecule has 0 unspecified atom stereocenters. The van der Waals surface area contributed by atoms with Gasteiger partial charge < -0.3 is 5.11 Å². The summed E-state index contributed by atoms with van der Waals surface area (Å²) in [4.78, 5) is 23.2. The Labute approximate surface area is 141 Å². The lowest BCUT2D eigenvalue weighted by Gasteiger charge is -2.18. The first-order valence-electron chi connectivity index (χ1n) is 7.55. The highest BCUT2D eigenvalue weighted by atomic mass is 16.4. The van der Waals surface area contributed by atoms with Gasteiger partial charge in [0.05, 0.1) is 11.8 Å². The van der Waals surface area contributed by atoms with E-state index in [9.17, 15) is 9.59 Å². The van der Waals surface area contributed by atoms with Crippen LogP contribution in [0.5, 0.6) is 0 Å². The van der Waals surface area contributed by atoms with Gasteiger partial charge in [0.25, 0.3) is 5.91 Å². The molecule has 2 N–H and O–H groups in total. The zero-order chi connectivity index (χ0) is 17.7. The fraction of sp³-hybridized carbons (Fsp3) is 0.211. The minimum absolute atomic E-state index is 0.0215. The summed E-state index contributed by atoms with van der Waals surface area (Å²) in [5.41, 5.74) is 4.61. The first-order valence-corrected chi connectivity index (χ1v) is 7.55. The van der Waals surface area contributed by atoms with Gasteiger partial charge in [0.2, 0.25) is 0 Å². The molecule has 0 aliphatic carbocycles. The van der Waals surface area contributed by atoms with Gasteiger partial charge in [-0.15, -0.1) is 0 Å². The summed E-state index contributed by atoms with van der Waals surface area (Å²) in [6.07, 6.45) is 1.32. The molecule has 0 radical (unpaired) electrons. The third-order valence-electron chi connectivity index (χ3n) is 3.57. The normalized spacial score (nSPS) is 11.5. The summed E-state index contributed by atoms with van der Waals surface area (Å²) >= 11 is 0. The first kappa shape index (κ1) is 17.4. The highest BCUT2D eigenvalue weighted by molar-refractivity contribution is 5.99. The number of nitrogens with zero attached hydrogens (tertiary/aromatic N) is 1. The molecule has 2 rings (SSSR count). The molecule has 1 amide bonds. The van der Waals surface area contributed by atoms with Crippen molar-refractivity contribution in [2.45, 2.75) is 26.2 Å². The predicted molar refractivity (Wildman–Crippen MR) is 93.6 cm³/mol. The molecule has 2 aromatic carbocycles. The van der Waals surface area contributed by atoms with Crippen molar-refractivity contribution < 1.29 is 14.7 Å². The van der Waals surface area contributed by atoms with Crippen LogP contribution in [0.1, 0.15) is 52.6 Å². The smallest absolute Gasteiger partial charge is 0.336 e. The van der Waals surface area contributed by atoms with Crippen molar-refractivity contribution in [3.05, 3.63) is 70.8 Å². The fourth-order valence-electron chi connectivity index (χ4n) is 2.15. The van der Waals surface area contributed by atoms with Gasteiger partial charge in [0.15, 0.2) is 0 Å². The van der Waals surface area contributed by atoms with Gasteiger partial charge in [-0.1, -0.05) is 51.1 Å². The van der Waals surface area contributed by atoms with Crippen LogP contribution in [0.3, 0.4) is 0 Å². The number of amides is 1. The van der Waals surface area contributed by atoms with Crippen molar-refractivity contribution in [2.24, 2.45) is 5.10 Å². The van der Waals surface area contributed by atoms with Crippen molar-refractivity contribution >= 4 is 18.1 Å². The molecule has 5 nitrogen and oxygen atoms in total. The van der Waals surface area contributed by atoms with Gasteiger partial charge in [0.1, 0.15) is 0 Å². The number of carboxylic acids is 1. The van der Waals surface area contributed by atoms with E-state index in [0.717, 1.165) is 5.56 Å². The number of hydrogen-bond donors (Lipinski definition) is 2. The van der Waals surface area contributed by atoms with Crippen LogP contribution < -0.4 is 5.43 Å². The number of carbonyl (C=O) groups is 2. The van der Waals surface area contributed by atoms with Crippen LogP contribution in [0, 0.1) is 0 Å². The Morgan fingerprint density at radius 1 is 1.04 bits per heavy atom. The van der Waals surface area contributed by atoms with Crippen molar-refractivity contribution in [1.82, 2.24) is 5.43 Å². The number of aromatic carboxylic acids is 1. The van der Waals surface area contributed by atoms with E-state index in [2.05, 4.69) is 31.3 Å². The molecule has 0 aliphatic heterocycles. The minimum atomic E-state index is -1.04. The molecule has 0 bridgehead atoms. The van der Waals surface area contributed by atoms with E-state index in [1.807, 2.05) is 12.1 Å². The van der Waals surface area contributed by atoms with Crippen molar-refractivity contribution in [3.8, 4) is 0 Å². The minimum Gasteiger partial charge on any atom is -0.478 e. The third kappa shape index (κ3) is 4.29. The highest BCUT2D eigenvalue weighted by Crippen LogP contribution is 2.22. The zero-order valence-corrected chi connectivity index (χ0v) is 13.9. The Morgan fingerprint density at radius 3 is 2.25 bits per heavy atom. The standard InChI is InChI=1S/C19H20N2O3/c1-19(2,3)15-10-8-13(9-11-15)17(22)21-20-12-14-6-4-5-7-16(14)18(23)24/h4-12H,1-3H3,(H,21,22)(H,23,24)/b20-12-. The number of carboxylic acid groups (broad SMARTS) is 1. The zero-order valence-electron chi connectivity index (χ0n) is 13.9. The molecule has 0 atom stereocenters. The van der Waals surface area contributed by atoms with E-state index in [0.29, 0.717) is 11.1 Å². The maximum Gasteiger partial charge on any atom is 0.336 e. The van der Waals surface area contributed by atoms with Crippen LogP contribution in [-0.2, 0) is 5.41 Å². The van der Waals surface area contributed by atoms with E-state index >= 15 is 0 Å². The topological polar surface area (TPSA) is 78.8 Å². The Morgan fingerprint density at radius 2 is 1.67 bits per heavy atom. The summed E-state index contributed by atoms with van der Waals surface area (Å²) < 4.78 is 0. The Bertz CT molecular complexity index is 772. The molecule has 0 saturated heterocycles. The largest absolute Gasteiger partial charge is 0.478 e. The molecule has 0 saturated carbocycles. The average Bonchev–Trinajstić information content (AvgIpc) is 2.54. The predicted octanol–water partition coefficient (Wildman–Crippen LogP) is 3.45. The summed E-state index contributed by atoms with van der Waals surface area (Å²) in [5, 5.41) is 12.9. The monoisotopic (exact) mass is 324 g/mol. The maximum absolute atomic E-state index is 12.1. The molecule has 0 aromatic heterocycles. The molecular formula is C19H20N2O3. The van der Waals surface area contributed by atoms with Crippen molar-refractivity contribution in [2.75, 3.05) is 0 Å². The Hall–Kier alpha value is -2.95. The van der Waals surface area contributed by atoms with E-state index in [1.54, 1.807) is 30.3 Å². The lowest BCUT2D eigenvalue weighted by Crippen LogP contribution is -2.18. The van der Waals surface area contributed by atoms with Gasteiger partial charge in [-0.2, -0.15) is 5.10 Å². The molecule has 5 heteroatoms. The second-order valence-electron chi connectivity index (χ2n) is 6.42. The average molecular weight is 324 g/mol. The summed E-state index contributed by atoms with van der Waals surface area (Å²) in [5.74, 6) is -1.39. The number of hydrazone groups is 1. The van der Waals surface area contributed by atoms with Crippen LogP contribution in [0.25, 0.3) is 0 Å². The molecule has 2 aromatic rings. The lowest BCUT2D eigenvalue weighted by molar-refractivity contribution is 0.0696. The second-order valence-corrected chi connectivity index (χ2v) is 6.42. The van der Waals surface area contributed by atoms with Gasteiger partial charge in [-0.25, -0.2) is 10.2 Å². The first-order chi connectivity index (χ1) is 11.3. The summed E-state index contributed by atoms with van der Waals surface area (Å²) in [7, 11) is 0. The molecule has 124 valence electrons. The Balaban J connectivity index is 2.07. The number of benzene rings is 2. The van der Waals surface area contributed by atoms with Crippen LogP contribution in [0.2, 0.25) is 0 Å². The SMILES string of the molecule is CC(C)(C)c1ccc(C(=O)N/N=C\c2ccccc2C(=O)O)cc1. The van der Waals surface area contributed by atoms with Gasteiger partial charge in [-0.05, 0) is 29.2 Å². The Kier molecular flexibility index (Phi) is 5.14. The van der Waals surface area contributed by atoms with E-state index in [1.165, 1.54) is 12.3 Å². The van der Waals surface area contributed by atoms with E-state index in [-0.39, 0.29) is 16.9 Å². The summed E-state index contributed by atoms with van der Waals surface area (Å²) in [6.45, 7) is 6.31. The quantitative estimate of drug-likeness (QED) is 0.668. The highest BCUT2D eigenvalue weighted by Gasteiger charge is 2.14. The molecule has 0 aliphatic rings. The van der Waals surface area contributed by atoms with Gasteiger partial charge in [-0.3, -0.25) is 4.79 Å². The number of rotatable bonds is 4. The molecule has 0 spiro atoms. The molecular weight excluding hydrogens is 304 g/mol. The lowest BCUT2D eigenvalue weighted by atomic mass is 9.87. The van der Waals surface area contributed by atoms with Crippen molar-refractivity contribution in [3.63, 3.8) is 0 Å². The van der Waals surface area contributed by atoms with E-state index < -0.39 is 5.97 Å². The third-order valence-corrected chi connectivity index (χ3v) is 3.57. The van der Waals surface area contributed by atoms with Crippen LogP contribution >= 0.6 is 0 Å². The molecule has 0 heterocycles. The van der Waals surface area contributed by atoms with Gasteiger partial charge in [0, 0.05) is 11.1 Å². The van der Waals surface area contributed by atoms with Crippen LogP contribution in [0.15, 0.2) is 53.6 Å². The van der Waals surface area contributed by atoms with Crippen LogP contribution in [-0.4, -0.2) is 23.2 Å². The number of nitrogens with one attached hydrogen (secondary N) is 1. The van der Waals surface area contributed by atoms with E-state index in [4.69, 9.17) is 5.11 Å². The molecule has 0 fully saturated rings. The van der Waals surface area contributed by atoms with Gasteiger partial charge >= 0.3 is 5.97 Å². The fourth-order valence-corrected chi connectivity index (χ4v) is 2.15. The summed E-state index contributed by atoms with van der Waals surface area (Å²) in [6, 6.07) is 13.8.